The van der Waals surface area contributed by atoms with Crippen LogP contribution in [-0.4, -0.2) is 0 Å². The van der Waals surface area contributed by atoms with Gasteiger partial charge in [-0.15, -0.1) is 0 Å². The minimum atomic E-state index is -0.623. The van der Waals surface area contributed by atoms with Gasteiger partial charge in [0.1, 0.15) is 11.2 Å². The van der Waals surface area contributed by atoms with Crippen LogP contribution in [0.3, 0.4) is 0 Å². The second-order valence-corrected chi connectivity index (χ2v) is 19.2. The van der Waals surface area contributed by atoms with Crippen molar-refractivity contribution in [3.63, 3.8) is 0 Å². The van der Waals surface area contributed by atoms with Gasteiger partial charge < -0.3 is 9.32 Å². The Balaban J connectivity index is 1.12. The summed E-state index contributed by atoms with van der Waals surface area (Å²) in [4.78, 5) is 2.53. The second-order valence-electron chi connectivity index (χ2n) is 19.2. The SMILES string of the molecule is CC1(C)c2ccccc2-c2ccc(N(c3ccc4c(c3)C(C)(C)C3C=CC=CC43)c3ccc(C4(c5ccccc5)c5ccccc5-c5ccccc54)c4oc5ccccc5c34)cc21. The van der Waals surface area contributed by atoms with E-state index in [2.05, 4.69) is 233 Å². The molecule has 0 saturated carbocycles. The van der Waals surface area contributed by atoms with Gasteiger partial charge in [0.2, 0.25) is 0 Å². The zero-order chi connectivity index (χ0) is 42.2. The summed E-state index contributed by atoms with van der Waals surface area (Å²) in [6.07, 6.45) is 9.28. The molecule has 13 rings (SSSR count). The van der Waals surface area contributed by atoms with Gasteiger partial charge in [0.15, 0.2) is 0 Å². The van der Waals surface area contributed by atoms with Crippen LogP contribution in [0.5, 0.6) is 0 Å². The zero-order valence-electron chi connectivity index (χ0n) is 36.1. The summed E-state index contributed by atoms with van der Waals surface area (Å²) in [7, 11) is 0. The third-order valence-corrected chi connectivity index (χ3v) is 15.5. The van der Waals surface area contributed by atoms with Gasteiger partial charge in [-0.1, -0.05) is 192 Å². The van der Waals surface area contributed by atoms with Crippen molar-refractivity contribution in [2.45, 2.75) is 49.9 Å². The minimum Gasteiger partial charge on any atom is -0.456 e. The van der Waals surface area contributed by atoms with Crippen LogP contribution < -0.4 is 4.90 Å². The summed E-state index contributed by atoms with van der Waals surface area (Å²) in [5, 5.41) is 2.22. The first-order chi connectivity index (χ1) is 30.8. The van der Waals surface area contributed by atoms with Crippen LogP contribution in [0.4, 0.5) is 17.1 Å². The summed E-state index contributed by atoms with van der Waals surface area (Å²) in [6.45, 7) is 9.62. The number of hydrogen-bond acceptors (Lipinski definition) is 2. The van der Waals surface area contributed by atoms with E-state index in [1.54, 1.807) is 0 Å². The highest BCUT2D eigenvalue weighted by Crippen LogP contribution is 2.60. The lowest BCUT2D eigenvalue weighted by atomic mass is 9.67. The Labute approximate surface area is 369 Å². The topological polar surface area (TPSA) is 16.4 Å². The predicted molar refractivity (Wildman–Crippen MR) is 261 cm³/mol. The van der Waals surface area contributed by atoms with Crippen LogP contribution in [0.2, 0.25) is 0 Å². The molecule has 8 aromatic carbocycles. The van der Waals surface area contributed by atoms with E-state index in [0.29, 0.717) is 11.8 Å². The van der Waals surface area contributed by atoms with Crippen molar-refractivity contribution in [2.24, 2.45) is 5.92 Å². The molecule has 1 heterocycles. The molecule has 0 N–H and O–H groups in total. The van der Waals surface area contributed by atoms with Crippen molar-refractivity contribution in [3.05, 3.63) is 245 Å². The van der Waals surface area contributed by atoms with E-state index in [1.165, 1.54) is 61.2 Å². The van der Waals surface area contributed by atoms with E-state index in [1.807, 2.05) is 0 Å². The fraction of sp³-hybridized carbons (Fsp3) is 0.148. The molecular weight excluding hydrogens is 763 g/mol. The molecule has 0 bridgehead atoms. The molecule has 63 heavy (non-hydrogen) atoms. The highest BCUT2D eigenvalue weighted by molar-refractivity contribution is 6.15. The largest absolute Gasteiger partial charge is 0.456 e. The summed E-state index contributed by atoms with van der Waals surface area (Å²) in [5.41, 5.74) is 20.0. The minimum absolute atomic E-state index is 0.0443. The molecule has 9 aromatic rings. The Morgan fingerprint density at radius 2 is 1.06 bits per heavy atom. The Morgan fingerprint density at radius 3 is 1.81 bits per heavy atom. The van der Waals surface area contributed by atoms with Gasteiger partial charge in [-0.05, 0) is 109 Å². The number of hydrogen-bond donors (Lipinski definition) is 0. The Kier molecular flexibility index (Phi) is 7.49. The molecule has 2 nitrogen and oxygen atoms in total. The van der Waals surface area contributed by atoms with Gasteiger partial charge in [-0.25, -0.2) is 0 Å². The maximum atomic E-state index is 7.31. The lowest BCUT2D eigenvalue weighted by molar-refractivity contribution is 0.394. The van der Waals surface area contributed by atoms with E-state index in [4.69, 9.17) is 4.42 Å². The number of nitrogens with zero attached hydrogens (tertiary/aromatic N) is 1. The molecule has 0 amide bonds. The molecule has 0 spiro atoms. The number of furan rings is 1. The average molecular weight is 810 g/mol. The first-order valence-electron chi connectivity index (χ1n) is 22.5. The van der Waals surface area contributed by atoms with E-state index >= 15 is 0 Å². The number of fused-ring (bicyclic) bond motifs is 12. The van der Waals surface area contributed by atoms with Crippen LogP contribution in [0.15, 0.2) is 205 Å². The first kappa shape index (κ1) is 36.5. The van der Waals surface area contributed by atoms with Crippen molar-refractivity contribution in [1.82, 2.24) is 0 Å². The summed E-state index contributed by atoms with van der Waals surface area (Å²) < 4.78 is 7.31. The van der Waals surface area contributed by atoms with Crippen molar-refractivity contribution in [1.29, 1.82) is 0 Å². The highest BCUT2D eigenvalue weighted by atomic mass is 16.3. The van der Waals surface area contributed by atoms with Crippen LogP contribution in [0.1, 0.15) is 78.1 Å². The summed E-state index contributed by atoms with van der Waals surface area (Å²) in [6, 6.07) is 65.8. The van der Waals surface area contributed by atoms with Gasteiger partial charge >= 0.3 is 0 Å². The number of para-hydroxylation sites is 1. The molecule has 4 aliphatic rings. The fourth-order valence-electron chi connectivity index (χ4n) is 12.5. The van der Waals surface area contributed by atoms with Crippen LogP contribution >= 0.6 is 0 Å². The van der Waals surface area contributed by atoms with Crippen LogP contribution in [0.25, 0.3) is 44.2 Å². The molecule has 302 valence electrons. The maximum Gasteiger partial charge on any atom is 0.142 e. The molecule has 0 fully saturated rings. The number of allylic oxidation sites excluding steroid dienone is 4. The average Bonchev–Trinajstić information content (AvgIpc) is 4.00. The predicted octanol–water partition coefficient (Wildman–Crippen LogP) is 15.8. The van der Waals surface area contributed by atoms with Crippen molar-refractivity contribution >= 4 is 39.0 Å². The Bertz CT molecular complexity index is 3390. The lowest BCUT2D eigenvalue weighted by Crippen LogP contribution is -2.29. The number of benzene rings is 8. The Morgan fingerprint density at radius 1 is 0.476 bits per heavy atom. The van der Waals surface area contributed by atoms with E-state index in [-0.39, 0.29) is 10.8 Å². The smallest absolute Gasteiger partial charge is 0.142 e. The lowest BCUT2D eigenvalue weighted by Gasteiger charge is -2.35. The van der Waals surface area contributed by atoms with Crippen molar-refractivity contribution in [2.75, 3.05) is 4.90 Å². The van der Waals surface area contributed by atoms with Gasteiger partial charge in [0, 0.05) is 33.7 Å². The van der Waals surface area contributed by atoms with Gasteiger partial charge in [0.05, 0.1) is 16.5 Å². The van der Waals surface area contributed by atoms with Crippen molar-refractivity contribution < 1.29 is 4.42 Å². The third kappa shape index (κ3) is 4.79. The van der Waals surface area contributed by atoms with Gasteiger partial charge in [-0.2, -0.15) is 0 Å². The molecular formula is C61H47NO. The van der Waals surface area contributed by atoms with Gasteiger partial charge in [-0.3, -0.25) is 0 Å². The molecule has 4 aliphatic carbocycles. The molecule has 2 heteroatoms. The monoisotopic (exact) mass is 809 g/mol. The standard InChI is InChI=1S/C61H47NO/c1-59(2)48-25-13-8-20-41(48)45-32-30-39(36-53(45)59)62(40-31-33-46-42-21-9-14-26-49(42)60(3,4)54(46)37-40)55-35-34-52(58-57(55)47-24-12-17-29-56(47)63-58)61(38-18-6-5-7-19-38)50-27-15-10-22-43(50)44-23-11-16-28-51(44)61/h5-37,41,48H,1-4H3. The molecule has 2 atom stereocenters. The highest BCUT2D eigenvalue weighted by Gasteiger charge is 2.49. The molecule has 2 unspecified atom stereocenters. The van der Waals surface area contributed by atoms with E-state index in [0.717, 1.165) is 44.6 Å². The molecule has 0 aliphatic heterocycles. The summed E-state index contributed by atoms with van der Waals surface area (Å²) >= 11 is 0. The van der Waals surface area contributed by atoms with Crippen molar-refractivity contribution in [3.8, 4) is 22.3 Å². The number of anilines is 3. The fourth-order valence-corrected chi connectivity index (χ4v) is 12.5. The van der Waals surface area contributed by atoms with E-state index < -0.39 is 5.41 Å². The summed E-state index contributed by atoms with van der Waals surface area (Å²) in [5.74, 6) is 0.785. The quantitative estimate of drug-likeness (QED) is 0.172. The number of rotatable bonds is 5. The van der Waals surface area contributed by atoms with Crippen LogP contribution in [-0.2, 0) is 16.2 Å². The third-order valence-electron chi connectivity index (χ3n) is 15.5. The van der Waals surface area contributed by atoms with E-state index in [9.17, 15) is 0 Å². The molecule has 1 aromatic heterocycles. The van der Waals surface area contributed by atoms with Gasteiger partial charge in [0.25, 0.3) is 0 Å². The Hall–Kier alpha value is -7.16. The molecule has 0 saturated heterocycles. The van der Waals surface area contributed by atoms with Crippen LogP contribution in [0, 0.1) is 5.92 Å². The normalized spacial score (nSPS) is 18.7. The first-order valence-corrected chi connectivity index (χ1v) is 22.5. The second kappa shape index (κ2) is 12.9. The zero-order valence-corrected chi connectivity index (χ0v) is 36.1. The maximum absolute atomic E-state index is 7.31. The molecule has 0 radical (unpaired) electrons.